The van der Waals surface area contributed by atoms with Crippen LogP contribution in [0.1, 0.15) is 19.5 Å². The Balaban J connectivity index is 0.000000461. The molecule has 0 saturated heterocycles. The number of hydrogen-bond donors (Lipinski definition) is 1. The standard InChI is InChI=1S/C8H7N3O.C2H6/c1-5-7-4-10-11-8(12)6(7)2-3-9-5;1-2/h2-4H,1H3,(H,11,12);1-2H3. The molecule has 4 nitrogen and oxygen atoms in total. The van der Waals surface area contributed by atoms with Gasteiger partial charge in [-0.15, -0.1) is 0 Å². The van der Waals surface area contributed by atoms with Gasteiger partial charge in [-0.1, -0.05) is 13.8 Å². The zero-order valence-electron chi connectivity index (χ0n) is 8.53. The SMILES string of the molecule is CC.Cc1nccc2c(=O)[nH]ncc12. The molecule has 74 valence electrons. The number of rotatable bonds is 0. The molecule has 2 aromatic heterocycles. The van der Waals surface area contributed by atoms with Crippen molar-refractivity contribution in [1.82, 2.24) is 15.2 Å². The first-order chi connectivity index (χ1) is 6.79. The Morgan fingerprint density at radius 1 is 1.29 bits per heavy atom. The van der Waals surface area contributed by atoms with Crippen LogP contribution in [0.5, 0.6) is 0 Å². The summed E-state index contributed by atoms with van der Waals surface area (Å²) in [4.78, 5) is 15.2. The Labute approximate surface area is 82.0 Å². The smallest absolute Gasteiger partial charge is 0.267 e. The second-order valence-corrected chi connectivity index (χ2v) is 2.56. The Morgan fingerprint density at radius 3 is 2.64 bits per heavy atom. The van der Waals surface area contributed by atoms with E-state index >= 15 is 0 Å². The summed E-state index contributed by atoms with van der Waals surface area (Å²) < 4.78 is 0. The predicted octanol–water partition coefficient (Wildman–Crippen LogP) is 1.65. The van der Waals surface area contributed by atoms with E-state index in [1.807, 2.05) is 20.8 Å². The molecule has 2 heterocycles. The summed E-state index contributed by atoms with van der Waals surface area (Å²) in [5, 5.41) is 7.51. The summed E-state index contributed by atoms with van der Waals surface area (Å²) in [5.74, 6) is 0. The van der Waals surface area contributed by atoms with Crippen molar-refractivity contribution in [2.24, 2.45) is 0 Å². The number of aromatic nitrogens is 3. The first kappa shape index (κ1) is 10.4. The van der Waals surface area contributed by atoms with Gasteiger partial charge in [0, 0.05) is 17.3 Å². The Kier molecular flexibility index (Phi) is 3.34. The van der Waals surface area contributed by atoms with Crippen LogP contribution < -0.4 is 5.56 Å². The first-order valence-corrected chi connectivity index (χ1v) is 4.58. The molecule has 0 unspecified atom stereocenters. The molecule has 0 aliphatic rings. The Morgan fingerprint density at radius 2 is 2.00 bits per heavy atom. The highest BCUT2D eigenvalue weighted by molar-refractivity contribution is 5.82. The van der Waals surface area contributed by atoms with Crippen molar-refractivity contribution in [2.45, 2.75) is 20.8 Å². The van der Waals surface area contributed by atoms with Crippen LogP contribution in [-0.2, 0) is 0 Å². The molecule has 0 atom stereocenters. The van der Waals surface area contributed by atoms with Crippen LogP contribution >= 0.6 is 0 Å². The van der Waals surface area contributed by atoms with Crippen LogP contribution in [0.2, 0.25) is 0 Å². The van der Waals surface area contributed by atoms with Crippen LogP contribution in [0.3, 0.4) is 0 Å². The fourth-order valence-corrected chi connectivity index (χ4v) is 1.15. The third-order valence-corrected chi connectivity index (χ3v) is 1.79. The van der Waals surface area contributed by atoms with Crippen LogP contribution in [0.25, 0.3) is 10.8 Å². The lowest BCUT2D eigenvalue weighted by atomic mass is 10.2. The maximum atomic E-state index is 11.2. The number of H-pyrrole nitrogens is 1. The van der Waals surface area contributed by atoms with E-state index in [-0.39, 0.29) is 5.56 Å². The van der Waals surface area contributed by atoms with Gasteiger partial charge >= 0.3 is 0 Å². The number of fused-ring (bicyclic) bond motifs is 1. The third-order valence-electron chi connectivity index (χ3n) is 1.79. The highest BCUT2D eigenvalue weighted by Crippen LogP contribution is 2.08. The molecule has 0 fully saturated rings. The molecule has 0 aromatic carbocycles. The fraction of sp³-hybridized carbons (Fsp3) is 0.300. The van der Waals surface area contributed by atoms with E-state index in [9.17, 15) is 4.79 Å². The van der Waals surface area contributed by atoms with E-state index in [4.69, 9.17) is 0 Å². The monoisotopic (exact) mass is 191 g/mol. The molecule has 4 heteroatoms. The van der Waals surface area contributed by atoms with Crippen LogP contribution in [0.15, 0.2) is 23.3 Å². The molecule has 0 radical (unpaired) electrons. The van der Waals surface area contributed by atoms with E-state index in [2.05, 4.69) is 15.2 Å². The minimum absolute atomic E-state index is 0.169. The van der Waals surface area contributed by atoms with Crippen molar-refractivity contribution in [3.05, 3.63) is 34.5 Å². The summed E-state index contributed by atoms with van der Waals surface area (Å²) in [6.45, 7) is 5.85. The average Bonchev–Trinajstić information content (AvgIpc) is 2.23. The normalized spacial score (nSPS) is 9.36. The van der Waals surface area contributed by atoms with Crippen molar-refractivity contribution in [3.8, 4) is 0 Å². The molecule has 0 amide bonds. The van der Waals surface area contributed by atoms with Gasteiger partial charge in [-0.05, 0) is 13.0 Å². The van der Waals surface area contributed by atoms with Crippen molar-refractivity contribution in [3.63, 3.8) is 0 Å². The second kappa shape index (κ2) is 4.50. The summed E-state index contributed by atoms with van der Waals surface area (Å²) in [5.41, 5.74) is 0.657. The van der Waals surface area contributed by atoms with Gasteiger partial charge in [0.05, 0.1) is 11.6 Å². The molecular formula is C10H13N3O. The van der Waals surface area contributed by atoms with E-state index in [0.29, 0.717) is 5.39 Å². The van der Waals surface area contributed by atoms with Crippen molar-refractivity contribution in [2.75, 3.05) is 0 Å². The van der Waals surface area contributed by atoms with Crippen molar-refractivity contribution in [1.29, 1.82) is 0 Å². The van der Waals surface area contributed by atoms with Crippen LogP contribution in [-0.4, -0.2) is 15.2 Å². The molecule has 0 aliphatic carbocycles. The largest absolute Gasteiger partial charge is 0.272 e. The maximum Gasteiger partial charge on any atom is 0.272 e. The zero-order chi connectivity index (χ0) is 10.6. The number of nitrogens with zero attached hydrogens (tertiary/aromatic N) is 2. The first-order valence-electron chi connectivity index (χ1n) is 4.58. The molecule has 2 aromatic rings. The highest BCUT2D eigenvalue weighted by Gasteiger charge is 1.99. The van der Waals surface area contributed by atoms with Gasteiger partial charge in [0.1, 0.15) is 0 Å². The molecule has 2 rings (SSSR count). The Bertz CT molecular complexity index is 476. The number of aryl methyl sites for hydroxylation is 1. The molecule has 0 bridgehead atoms. The summed E-state index contributed by atoms with van der Waals surface area (Å²) in [7, 11) is 0. The van der Waals surface area contributed by atoms with Gasteiger partial charge in [-0.25, -0.2) is 5.10 Å². The Hall–Kier alpha value is -1.71. The van der Waals surface area contributed by atoms with E-state index < -0.39 is 0 Å². The number of aromatic amines is 1. The van der Waals surface area contributed by atoms with Gasteiger partial charge in [-0.2, -0.15) is 5.10 Å². The lowest BCUT2D eigenvalue weighted by Crippen LogP contribution is -2.08. The topological polar surface area (TPSA) is 58.6 Å². The molecule has 1 N–H and O–H groups in total. The third kappa shape index (κ3) is 1.79. The lowest BCUT2D eigenvalue weighted by molar-refractivity contribution is 1.01. The minimum atomic E-state index is -0.169. The molecule has 0 aliphatic heterocycles. The summed E-state index contributed by atoms with van der Waals surface area (Å²) >= 11 is 0. The maximum absolute atomic E-state index is 11.2. The molecule has 0 spiro atoms. The minimum Gasteiger partial charge on any atom is -0.267 e. The van der Waals surface area contributed by atoms with E-state index in [1.54, 1.807) is 18.5 Å². The number of nitrogens with one attached hydrogen (secondary N) is 1. The van der Waals surface area contributed by atoms with E-state index in [1.165, 1.54) is 0 Å². The quantitative estimate of drug-likeness (QED) is 0.688. The van der Waals surface area contributed by atoms with Gasteiger partial charge < -0.3 is 0 Å². The van der Waals surface area contributed by atoms with Gasteiger partial charge in [0.2, 0.25) is 0 Å². The van der Waals surface area contributed by atoms with Crippen molar-refractivity contribution < 1.29 is 0 Å². The second-order valence-electron chi connectivity index (χ2n) is 2.56. The number of pyridine rings is 1. The summed E-state index contributed by atoms with van der Waals surface area (Å²) in [6, 6.07) is 1.68. The van der Waals surface area contributed by atoms with Crippen LogP contribution in [0, 0.1) is 6.92 Å². The molecular weight excluding hydrogens is 178 g/mol. The number of hydrogen-bond acceptors (Lipinski definition) is 3. The average molecular weight is 191 g/mol. The summed E-state index contributed by atoms with van der Waals surface area (Å²) in [6.07, 6.45) is 3.23. The highest BCUT2D eigenvalue weighted by atomic mass is 16.1. The molecule has 14 heavy (non-hydrogen) atoms. The lowest BCUT2D eigenvalue weighted by Gasteiger charge is -1.96. The van der Waals surface area contributed by atoms with Gasteiger partial charge in [0.25, 0.3) is 5.56 Å². The zero-order valence-corrected chi connectivity index (χ0v) is 8.53. The fourth-order valence-electron chi connectivity index (χ4n) is 1.15. The molecule has 0 saturated carbocycles. The van der Waals surface area contributed by atoms with Gasteiger partial charge in [0.15, 0.2) is 0 Å². The van der Waals surface area contributed by atoms with Gasteiger partial charge in [-0.3, -0.25) is 9.78 Å². The van der Waals surface area contributed by atoms with Crippen molar-refractivity contribution >= 4 is 10.8 Å². The predicted molar refractivity (Wildman–Crippen MR) is 56.2 cm³/mol. The van der Waals surface area contributed by atoms with Crippen LogP contribution in [0.4, 0.5) is 0 Å². The van der Waals surface area contributed by atoms with E-state index in [0.717, 1.165) is 11.1 Å².